The second kappa shape index (κ2) is 5.59. The van der Waals surface area contributed by atoms with Gasteiger partial charge in [-0.3, -0.25) is 10.1 Å². The van der Waals surface area contributed by atoms with E-state index in [1.165, 1.54) is 11.3 Å². The van der Waals surface area contributed by atoms with E-state index in [-0.39, 0.29) is 5.91 Å². The molecule has 94 valence electrons. The quantitative estimate of drug-likeness (QED) is 0.920. The summed E-state index contributed by atoms with van der Waals surface area (Å²) in [6.45, 7) is 4.36. The van der Waals surface area contributed by atoms with E-state index in [0.29, 0.717) is 17.3 Å². The average molecular weight is 263 g/mol. The first-order valence-corrected chi connectivity index (χ1v) is 6.35. The number of ether oxygens (including phenoxy) is 1. The summed E-state index contributed by atoms with van der Waals surface area (Å²) in [5, 5.41) is 11.7. The Hall–Kier alpha value is -1.95. The number of benzene rings is 1. The first-order valence-electron chi connectivity index (χ1n) is 5.53. The summed E-state index contributed by atoms with van der Waals surface area (Å²) in [6, 6.07) is 6.97. The third-order valence-electron chi connectivity index (χ3n) is 2.17. The van der Waals surface area contributed by atoms with E-state index in [9.17, 15) is 4.79 Å². The predicted molar refractivity (Wildman–Crippen MR) is 70.2 cm³/mol. The molecule has 0 spiro atoms. The molecule has 0 saturated carbocycles. The molecule has 0 aliphatic heterocycles. The number of hydrogen-bond acceptors (Lipinski definition) is 5. The Morgan fingerprint density at radius 2 is 2.06 bits per heavy atom. The number of carbonyl (C=O) groups is 1. The van der Waals surface area contributed by atoms with Gasteiger partial charge in [-0.05, 0) is 38.1 Å². The molecule has 5 nitrogen and oxygen atoms in total. The highest BCUT2D eigenvalue weighted by Gasteiger charge is 2.08. The molecule has 1 heterocycles. The molecule has 1 aromatic heterocycles. The molecular formula is C12H13N3O2S. The average Bonchev–Trinajstić information content (AvgIpc) is 2.76. The molecule has 1 amide bonds. The van der Waals surface area contributed by atoms with E-state index in [4.69, 9.17) is 4.74 Å². The van der Waals surface area contributed by atoms with Crippen LogP contribution in [0.1, 0.15) is 22.3 Å². The monoisotopic (exact) mass is 263 g/mol. The van der Waals surface area contributed by atoms with E-state index in [2.05, 4.69) is 15.5 Å². The Kier molecular flexibility index (Phi) is 3.88. The highest BCUT2D eigenvalue weighted by molar-refractivity contribution is 7.15. The van der Waals surface area contributed by atoms with Crippen molar-refractivity contribution in [2.45, 2.75) is 13.8 Å². The van der Waals surface area contributed by atoms with Gasteiger partial charge >= 0.3 is 0 Å². The maximum absolute atomic E-state index is 11.9. The summed E-state index contributed by atoms with van der Waals surface area (Å²) in [5.74, 6) is 0.551. The van der Waals surface area contributed by atoms with E-state index in [1.807, 2.05) is 13.8 Å². The maximum atomic E-state index is 11.9. The van der Waals surface area contributed by atoms with Crippen molar-refractivity contribution in [3.63, 3.8) is 0 Å². The smallest absolute Gasteiger partial charge is 0.257 e. The normalized spacial score (nSPS) is 10.1. The lowest BCUT2D eigenvalue weighted by Crippen LogP contribution is -2.11. The Labute approximate surface area is 109 Å². The summed E-state index contributed by atoms with van der Waals surface area (Å²) in [6.07, 6.45) is 0. The van der Waals surface area contributed by atoms with Crippen LogP contribution in [0.5, 0.6) is 5.75 Å². The van der Waals surface area contributed by atoms with Crippen LogP contribution in [0.25, 0.3) is 0 Å². The van der Waals surface area contributed by atoms with Crippen LogP contribution in [0.2, 0.25) is 0 Å². The lowest BCUT2D eigenvalue weighted by molar-refractivity contribution is 0.102. The number of nitrogens with zero attached hydrogens (tertiary/aromatic N) is 2. The zero-order valence-corrected chi connectivity index (χ0v) is 11.0. The molecule has 0 radical (unpaired) electrons. The number of anilines is 1. The molecule has 18 heavy (non-hydrogen) atoms. The largest absolute Gasteiger partial charge is 0.494 e. The SMILES string of the molecule is CCOc1ccc(C(=O)Nc2nnc(C)s2)cc1. The van der Waals surface area contributed by atoms with Gasteiger partial charge in [-0.1, -0.05) is 11.3 Å². The fourth-order valence-electron chi connectivity index (χ4n) is 1.39. The third kappa shape index (κ3) is 3.04. The Bertz CT molecular complexity index is 537. The number of hydrogen-bond donors (Lipinski definition) is 1. The lowest BCUT2D eigenvalue weighted by atomic mass is 10.2. The van der Waals surface area contributed by atoms with Gasteiger partial charge in [-0.15, -0.1) is 10.2 Å². The minimum atomic E-state index is -0.200. The fraction of sp³-hybridized carbons (Fsp3) is 0.250. The molecule has 0 fully saturated rings. The molecule has 2 aromatic rings. The van der Waals surface area contributed by atoms with Gasteiger partial charge in [0.1, 0.15) is 10.8 Å². The molecular weight excluding hydrogens is 250 g/mol. The summed E-state index contributed by atoms with van der Waals surface area (Å²) in [5.41, 5.74) is 0.561. The van der Waals surface area contributed by atoms with Gasteiger partial charge in [-0.2, -0.15) is 0 Å². The summed E-state index contributed by atoms with van der Waals surface area (Å²) in [7, 11) is 0. The summed E-state index contributed by atoms with van der Waals surface area (Å²) >= 11 is 1.34. The molecule has 0 bridgehead atoms. The van der Waals surface area contributed by atoms with Crippen LogP contribution in [0.4, 0.5) is 5.13 Å². The summed E-state index contributed by atoms with van der Waals surface area (Å²) in [4.78, 5) is 11.9. The van der Waals surface area contributed by atoms with Crippen molar-refractivity contribution in [3.05, 3.63) is 34.8 Å². The van der Waals surface area contributed by atoms with E-state index in [0.717, 1.165) is 10.8 Å². The van der Waals surface area contributed by atoms with Gasteiger partial charge in [0.05, 0.1) is 6.61 Å². The second-order valence-electron chi connectivity index (χ2n) is 3.54. The number of amides is 1. The molecule has 0 saturated heterocycles. The molecule has 6 heteroatoms. The highest BCUT2D eigenvalue weighted by atomic mass is 32.1. The predicted octanol–water partition coefficient (Wildman–Crippen LogP) is 2.50. The van der Waals surface area contributed by atoms with E-state index >= 15 is 0 Å². The van der Waals surface area contributed by atoms with Crippen LogP contribution in [0, 0.1) is 6.92 Å². The lowest BCUT2D eigenvalue weighted by Gasteiger charge is -2.04. The first-order chi connectivity index (χ1) is 8.69. The van der Waals surface area contributed by atoms with Crippen molar-refractivity contribution >= 4 is 22.4 Å². The second-order valence-corrected chi connectivity index (χ2v) is 4.72. The van der Waals surface area contributed by atoms with E-state index < -0.39 is 0 Å². The van der Waals surface area contributed by atoms with Gasteiger partial charge in [0.15, 0.2) is 0 Å². The van der Waals surface area contributed by atoms with Gasteiger partial charge in [0.2, 0.25) is 5.13 Å². The topological polar surface area (TPSA) is 64.1 Å². The third-order valence-corrected chi connectivity index (χ3v) is 2.93. The van der Waals surface area contributed by atoms with Crippen LogP contribution in [-0.4, -0.2) is 22.7 Å². The van der Waals surface area contributed by atoms with Crippen LogP contribution in [0.15, 0.2) is 24.3 Å². The zero-order chi connectivity index (χ0) is 13.0. The van der Waals surface area contributed by atoms with Gasteiger partial charge < -0.3 is 4.74 Å². The van der Waals surface area contributed by atoms with Crippen LogP contribution < -0.4 is 10.1 Å². The van der Waals surface area contributed by atoms with Crippen LogP contribution >= 0.6 is 11.3 Å². The maximum Gasteiger partial charge on any atom is 0.257 e. The van der Waals surface area contributed by atoms with Gasteiger partial charge in [0.25, 0.3) is 5.91 Å². The number of carbonyl (C=O) groups excluding carboxylic acids is 1. The minimum absolute atomic E-state index is 0.200. The molecule has 1 aromatic carbocycles. The van der Waals surface area contributed by atoms with Gasteiger partial charge in [0, 0.05) is 5.56 Å². The molecule has 2 rings (SSSR count). The van der Waals surface area contributed by atoms with Crippen LogP contribution in [-0.2, 0) is 0 Å². The zero-order valence-electron chi connectivity index (χ0n) is 10.1. The van der Waals surface area contributed by atoms with Crippen molar-refractivity contribution in [2.75, 3.05) is 11.9 Å². The summed E-state index contributed by atoms with van der Waals surface area (Å²) < 4.78 is 5.31. The molecule has 1 N–H and O–H groups in total. The number of nitrogens with one attached hydrogen (secondary N) is 1. The number of rotatable bonds is 4. The molecule has 0 aliphatic rings. The minimum Gasteiger partial charge on any atom is -0.494 e. The standard InChI is InChI=1S/C12H13N3O2S/c1-3-17-10-6-4-9(5-7-10)11(16)13-12-15-14-8(2)18-12/h4-7H,3H2,1-2H3,(H,13,15,16). The Balaban J connectivity index is 2.04. The first kappa shape index (κ1) is 12.5. The fourth-order valence-corrected chi connectivity index (χ4v) is 1.97. The molecule has 0 atom stereocenters. The van der Waals surface area contributed by atoms with Crippen molar-refractivity contribution in [2.24, 2.45) is 0 Å². The van der Waals surface area contributed by atoms with Crippen molar-refractivity contribution in [3.8, 4) is 5.75 Å². The Morgan fingerprint density at radius 3 is 2.61 bits per heavy atom. The Morgan fingerprint density at radius 1 is 1.33 bits per heavy atom. The van der Waals surface area contributed by atoms with Crippen LogP contribution in [0.3, 0.4) is 0 Å². The van der Waals surface area contributed by atoms with Gasteiger partial charge in [-0.25, -0.2) is 0 Å². The van der Waals surface area contributed by atoms with Crippen molar-refractivity contribution in [1.82, 2.24) is 10.2 Å². The van der Waals surface area contributed by atoms with Crippen molar-refractivity contribution in [1.29, 1.82) is 0 Å². The molecule has 0 unspecified atom stereocenters. The number of aromatic nitrogens is 2. The highest BCUT2D eigenvalue weighted by Crippen LogP contribution is 2.16. The van der Waals surface area contributed by atoms with E-state index in [1.54, 1.807) is 24.3 Å². The molecule has 0 aliphatic carbocycles. The number of aryl methyl sites for hydroxylation is 1. The van der Waals surface area contributed by atoms with Crippen molar-refractivity contribution < 1.29 is 9.53 Å².